The fraction of sp³-hybridized carbons (Fsp3) is 0.889. The molecule has 0 N–H and O–H groups in total. The highest BCUT2D eigenvalue weighted by atomic mass is 35.5. The number of hydrogen-bond donors (Lipinski definition) is 0. The molecule has 0 aromatic rings. The Balaban J connectivity index is 0.000000845. The van der Waals surface area contributed by atoms with Crippen LogP contribution in [0.4, 0.5) is 0 Å². The smallest absolute Gasteiger partial charge is 0.144 e. The van der Waals surface area contributed by atoms with Crippen LogP contribution < -0.4 is 0 Å². The highest BCUT2D eigenvalue weighted by molar-refractivity contribution is 5.85. The third kappa shape index (κ3) is 2.35. The summed E-state index contributed by atoms with van der Waals surface area (Å²) in [4.78, 5) is 7.87. The van der Waals surface area contributed by atoms with Gasteiger partial charge >= 0.3 is 0 Å². The van der Waals surface area contributed by atoms with Gasteiger partial charge in [-0.1, -0.05) is 5.16 Å². The van der Waals surface area contributed by atoms with Crippen LogP contribution in [0.25, 0.3) is 0 Å². The van der Waals surface area contributed by atoms with E-state index in [9.17, 15) is 0 Å². The summed E-state index contributed by atoms with van der Waals surface area (Å²) >= 11 is 0. The normalized spacial score (nSPS) is 37.5. The summed E-state index contributed by atoms with van der Waals surface area (Å²) in [7, 11) is 0. The Morgan fingerprint density at radius 1 is 1.46 bits per heavy atom. The van der Waals surface area contributed by atoms with Gasteiger partial charge in [0.1, 0.15) is 6.10 Å². The lowest BCUT2D eigenvalue weighted by molar-refractivity contribution is 0.0418. The van der Waals surface area contributed by atoms with Gasteiger partial charge in [0.05, 0.1) is 0 Å². The van der Waals surface area contributed by atoms with Gasteiger partial charge in [-0.2, -0.15) is 0 Å². The molecule has 2 saturated heterocycles. The third-order valence-corrected chi connectivity index (χ3v) is 2.81. The van der Waals surface area contributed by atoms with E-state index in [0.29, 0.717) is 6.10 Å². The molecule has 0 amide bonds. The highest BCUT2D eigenvalue weighted by Gasteiger charge is 2.36. The van der Waals surface area contributed by atoms with Crippen LogP contribution >= 0.6 is 12.4 Å². The lowest BCUT2D eigenvalue weighted by Crippen LogP contribution is -2.25. The molecule has 2 aliphatic heterocycles. The Bertz CT molecular complexity index is 186. The quantitative estimate of drug-likeness (QED) is 0.504. The predicted molar refractivity (Wildman–Crippen MR) is 55.5 cm³/mol. The number of halogens is 1. The molecule has 0 radical (unpaired) electrons. The lowest BCUT2D eigenvalue weighted by Gasteiger charge is -2.20. The van der Waals surface area contributed by atoms with Crippen LogP contribution in [-0.4, -0.2) is 36.9 Å². The molecule has 2 heterocycles. The van der Waals surface area contributed by atoms with E-state index in [4.69, 9.17) is 4.84 Å². The van der Waals surface area contributed by atoms with E-state index >= 15 is 0 Å². The average molecular weight is 205 g/mol. The second kappa shape index (κ2) is 4.82. The van der Waals surface area contributed by atoms with Crippen molar-refractivity contribution in [3.05, 3.63) is 0 Å². The van der Waals surface area contributed by atoms with Crippen LogP contribution in [-0.2, 0) is 4.84 Å². The minimum absolute atomic E-state index is 0. The van der Waals surface area contributed by atoms with Gasteiger partial charge in [-0.05, 0) is 26.3 Å². The zero-order chi connectivity index (χ0) is 8.39. The Morgan fingerprint density at radius 3 is 3.00 bits per heavy atom. The number of hydrogen-bond acceptors (Lipinski definition) is 3. The minimum Gasteiger partial charge on any atom is -0.391 e. The number of piperidine rings is 1. The van der Waals surface area contributed by atoms with Gasteiger partial charge in [0.2, 0.25) is 0 Å². The number of nitrogens with zero attached hydrogens (tertiary/aromatic N) is 2. The third-order valence-electron chi connectivity index (χ3n) is 2.81. The molecular weight excluding hydrogens is 188 g/mol. The summed E-state index contributed by atoms with van der Waals surface area (Å²) in [5.74, 6) is 0.738. The standard InChI is InChI=1S/C9H16N2O.ClH/c1-2-10-12-9-7-11-5-3-4-8(9)6-11;/h2,8-9H,3-7H2,1H3;1H. The number of fused-ring (bicyclic) bond motifs is 2. The minimum atomic E-state index is 0. The maximum absolute atomic E-state index is 5.39. The van der Waals surface area contributed by atoms with Crippen molar-refractivity contribution in [1.82, 2.24) is 4.90 Å². The molecule has 2 aliphatic rings. The van der Waals surface area contributed by atoms with Gasteiger partial charge in [0, 0.05) is 25.2 Å². The van der Waals surface area contributed by atoms with Crippen LogP contribution in [0.3, 0.4) is 0 Å². The monoisotopic (exact) mass is 204 g/mol. The summed E-state index contributed by atoms with van der Waals surface area (Å²) in [5, 5.41) is 3.86. The fourth-order valence-corrected chi connectivity index (χ4v) is 2.22. The van der Waals surface area contributed by atoms with Crippen LogP contribution in [0.5, 0.6) is 0 Å². The molecule has 2 fully saturated rings. The summed E-state index contributed by atoms with van der Waals surface area (Å²) in [6.45, 7) is 5.46. The topological polar surface area (TPSA) is 24.8 Å². The van der Waals surface area contributed by atoms with E-state index in [1.54, 1.807) is 6.21 Å². The van der Waals surface area contributed by atoms with E-state index in [-0.39, 0.29) is 12.4 Å². The van der Waals surface area contributed by atoms with Crippen molar-refractivity contribution in [2.75, 3.05) is 19.6 Å². The molecule has 3 atom stereocenters. The van der Waals surface area contributed by atoms with Gasteiger partial charge in [-0.25, -0.2) is 0 Å². The van der Waals surface area contributed by atoms with Crippen LogP contribution in [0.2, 0.25) is 0 Å². The van der Waals surface area contributed by atoms with Gasteiger partial charge in [-0.3, -0.25) is 4.90 Å². The summed E-state index contributed by atoms with van der Waals surface area (Å²) in [5.41, 5.74) is 0. The van der Waals surface area contributed by atoms with Crippen molar-refractivity contribution in [3.8, 4) is 0 Å². The van der Waals surface area contributed by atoms with E-state index < -0.39 is 0 Å². The largest absolute Gasteiger partial charge is 0.391 e. The van der Waals surface area contributed by atoms with Crippen LogP contribution in [0.15, 0.2) is 5.16 Å². The first-order valence-electron chi connectivity index (χ1n) is 4.76. The van der Waals surface area contributed by atoms with Gasteiger partial charge in [0.15, 0.2) is 0 Å². The number of oxime groups is 1. The van der Waals surface area contributed by atoms with Crippen molar-refractivity contribution < 1.29 is 4.84 Å². The molecule has 13 heavy (non-hydrogen) atoms. The van der Waals surface area contributed by atoms with E-state index in [2.05, 4.69) is 10.1 Å². The molecule has 0 aromatic heterocycles. The number of rotatable bonds is 2. The SMILES string of the molecule is CC=NOC1CN2CCCC1C2.Cl. The molecule has 0 saturated carbocycles. The molecule has 0 aromatic carbocycles. The van der Waals surface area contributed by atoms with Crippen LogP contribution in [0, 0.1) is 5.92 Å². The van der Waals surface area contributed by atoms with Crippen molar-refractivity contribution in [1.29, 1.82) is 0 Å². The van der Waals surface area contributed by atoms with Gasteiger partial charge in [-0.15, -0.1) is 12.4 Å². The Labute approximate surface area is 85.5 Å². The van der Waals surface area contributed by atoms with E-state index in [0.717, 1.165) is 12.5 Å². The Morgan fingerprint density at radius 2 is 2.31 bits per heavy atom. The molecular formula is C9H17ClN2O. The lowest BCUT2D eigenvalue weighted by atomic mass is 9.99. The zero-order valence-electron chi connectivity index (χ0n) is 7.98. The molecule has 0 aliphatic carbocycles. The van der Waals surface area contributed by atoms with Gasteiger partial charge < -0.3 is 4.84 Å². The van der Waals surface area contributed by atoms with Crippen molar-refractivity contribution in [2.45, 2.75) is 25.9 Å². The summed E-state index contributed by atoms with van der Waals surface area (Å²) in [6.07, 6.45) is 4.74. The summed E-state index contributed by atoms with van der Waals surface area (Å²) in [6, 6.07) is 0. The Hall–Kier alpha value is -0.280. The first kappa shape index (κ1) is 10.8. The summed E-state index contributed by atoms with van der Waals surface area (Å²) < 4.78 is 0. The van der Waals surface area contributed by atoms with Crippen LogP contribution in [0.1, 0.15) is 19.8 Å². The molecule has 2 bridgehead atoms. The maximum atomic E-state index is 5.39. The molecule has 76 valence electrons. The first-order chi connectivity index (χ1) is 5.90. The molecule has 4 heteroatoms. The molecule has 0 spiro atoms. The van der Waals surface area contributed by atoms with E-state index in [1.165, 1.54) is 25.9 Å². The molecule has 2 rings (SSSR count). The second-order valence-electron chi connectivity index (χ2n) is 3.67. The highest BCUT2D eigenvalue weighted by Crippen LogP contribution is 2.28. The maximum Gasteiger partial charge on any atom is 0.144 e. The van der Waals surface area contributed by atoms with Gasteiger partial charge in [0.25, 0.3) is 0 Å². The zero-order valence-corrected chi connectivity index (χ0v) is 8.80. The molecule has 3 nitrogen and oxygen atoms in total. The van der Waals surface area contributed by atoms with E-state index in [1.807, 2.05) is 6.92 Å². The first-order valence-corrected chi connectivity index (χ1v) is 4.76. The van der Waals surface area contributed by atoms with Crippen molar-refractivity contribution in [3.63, 3.8) is 0 Å². The predicted octanol–water partition coefficient (Wildman–Crippen LogP) is 1.52. The fourth-order valence-electron chi connectivity index (χ4n) is 2.22. The Kier molecular flexibility index (Phi) is 4.00. The van der Waals surface area contributed by atoms with Crippen molar-refractivity contribution >= 4 is 18.6 Å². The second-order valence-corrected chi connectivity index (χ2v) is 3.67. The molecule has 3 unspecified atom stereocenters. The average Bonchev–Trinajstić information content (AvgIpc) is 2.38. The van der Waals surface area contributed by atoms with Crippen molar-refractivity contribution in [2.24, 2.45) is 11.1 Å².